The van der Waals surface area contributed by atoms with Crippen molar-refractivity contribution < 1.29 is 0 Å². The van der Waals surface area contributed by atoms with Gasteiger partial charge in [0.25, 0.3) is 0 Å². The summed E-state index contributed by atoms with van der Waals surface area (Å²) >= 11 is 6.22. The molecule has 1 aliphatic heterocycles. The minimum absolute atomic E-state index is 0.662. The van der Waals surface area contributed by atoms with Gasteiger partial charge in [-0.15, -0.1) is 0 Å². The van der Waals surface area contributed by atoms with E-state index in [-0.39, 0.29) is 0 Å². The summed E-state index contributed by atoms with van der Waals surface area (Å²) in [6, 6.07) is 7.02. The Hall–Kier alpha value is -0.730. The fraction of sp³-hybridized carbons (Fsp3) is 0.667. The molecule has 0 amide bonds. The summed E-state index contributed by atoms with van der Waals surface area (Å²) in [7, 11) is 0. The molecular weight excluding hydrogens is 280 g/mol. The molecule has 0 bridgehead atoms. The highest BCUT2D eigenvalue weighted by molar-refractivity contribution is 6.30. The first-order valence-corrected chi connectivity index (χ1v) is 8.62. The van der Waals surface area contributed by atoms with Crippen LogP contribution >= 0.6 is 11.6 Å². The van der Waals surface area contributed by atoms with Crippen LogP contribution in [0.5, 0.6) is 0 Å². The highest BCUT2D eigenvalue weighted by Crippen LogP contribution is 2.33. The summed E-state index contributed by atoms with van der Waals surface area (Å²) < 4.78 is 0. The SMILES string of the molecule is CC(C)CNCc1cc(Cl)ccc1N1CCCC1C(C)C. The minimum atomic E-state index is 0.662. The van der Waals surface area contributed by atoms with E-state index >= 15 is 0 Å². The van der Waals surface area contributed by atoms with Crippen LogP contribution in [0, 0.1) is 11.8 Å². The normalized spacial score (nSPS) is 19.0. The van der Waals surface area contributed by atoms with E-state index in [1.54, 1.807) is 0 Å². The van der Waals surface area contributed by atoms with Crippen LogP contribution in [-0.2, 0) is 6.54 Å². The largest absolute Gasteiger partial charge is 0.368 e. The molecule has 1 atom stereocenters. The lowest BCUT2D eigenvalue weighted by Crippen LogP contribution is -2.34. The van der Waals surface area contributed by atoms with Crippen LogP contribution in [0.15, 0.2) is 18.2 Å². The van der Waals surface area contributed by atoms with Crippen molar-refractivity contribution in [2.24, 2.45) is 11.8 Å². The van der Waals surface area contributed by atoms with Crippen molar-refractivity contribution in [1.82, 2.24) is 5.32 Å². The van der Waals surface area contributed by atoms with E-state index < -0.39 is 0 Å². The van der Waals surface area contributed by atoms with Gasteiger partial charge in [-0.05, 0) is 55.0 Å². The van der Waals surface area contributed by atoms with E-state index in [0.717, 1.165) is 18.1 Å². The molecule has 0 radical (unpaired) electrons. The van der Waals surface area contributed by atoms with Crippen molar-refractivity contribution in [2.45, 2.75) is 53.1 Å². The molecule has 2 nitrogen and oxygen atoms in total. The van der Waals surface area contributed by atoms with E-state index in [1.807, 2.05) is 6.07 Å². The Balaban J connectivity index is 2.18. The summed E-state index contributed by atoms with van der Waals surface area (Å²) in [4.78, 5) is 2.59. The average Bonchev–Trinajstić information content (AvgIpc) is 2.87. The Labute approximate surface area is 134 Å². The summed E-state index contributed by atoms with van der Waals surface area (Å²) in [6.45, 7) is 12.2. The minimum Gasteiger partial charge on any atom is -0.368 e. The number of anilines is 1. The van der Waals surface area contributed by atoms with E-state index in [2.05, 4.69) is 50.0 Å². The highest BCUT2D eigenvalue weighted by Gasteiger charge is 2.28. The van der Waals surface area contributed by atoms with E-state index in [4.69, 9.17) is 11.6 Å². The van der Waals surface area contributed by atoms with Gasteiger partial charge >= 0.3 is 0 Å². The highest BCUT2D eigenvalue weighted by atomic mass is 35.5. The van der Waals surface area contributed by atoms with Gasteiger partial charge in [0.15, 0.2) is 0 Å². The van der Waals surface area contributed by atoms with Gasteiger partial charge in [-0.1, -0.05) is 39.3 Å². The summed E-state index contributed by atoms with van der Waals surface area (Å²) in [5, 5.41) is 4.38. The molecule has 2 rings (SSSR count). The summed E-state index contributed by atoms with van der Waals surface area (Å²) in [5.41, 5.74) is 2.70. The monoisotopic (exact) mass is 308 g/mol. The van der Waals surface area contributed by atoms with E-state index in [0.29, 0.717) is 17.9 Å². The van der Waals surface area contributed by atoms with Crippen molar-refractivity contribution in [1.29, 1.82) is 0 Å². The molecule has 1 aromatic rings. The molecule has 3 heteroatoms. The predicted octanol–water partition coefficient (Wildman–Crippen LogP) is 4.71. The van der Waals surface area contributed by atoms with Crippen molar-refractivity contribution in [3.8, 4) is 0 Å². The Morgan fingerprint density at radius 3 is 2.71 bits per heavy atom. The standard InChI is InChI=1S/C18H29ClN2/c1-13(2)11-20-12-15-10-16(19)7-8-18(15)21-9-5-6-17(21)14(3)4/h7-8,10,13-14,17,20H,5-6,9,11-12H2,1-4H3. The predicted molar refractivity (Wildman–Crippen MR) is 93.2 cm³/mol. The molecule has 1 fully saturated rings. The Morgan fingerprint density at radius 2 is 2.05 bits per heavy atom. The molecule has 118 valence electrons. The molecule has 1 aliphatic rings. The summed E-state index contributed by atoms with van der Waals surface area (Å²) in [5.74, 6) is 1.36. The van der Waals surface area contributed by atoms with E-state index in [9.17, 15) is 0 Å². The van der Waals surface area contributed by atoms with Crippen LogP contribution in [0.3, 0.4) is 0 Å². The van der Waals surface area contributed by atoms with Gasteiger partial charge in [-0.2, -0.15) is 0 Å². The fourth-order valence-electron chi connectivity index (χ4n) is 3.26. The lowest BCUT2D eigenvalue weighted by atomic mass is 10.0. The first-order chi connectivity index (χ1) is 9.99. The summed E-state index contributed by atoms with van der Waals surface area (Å²) in [6.07, 6.45) is 2.60. The molecule has 0 aliphatic carbocycles. The molecule has 1 saturated heterocycles. The van der Waals surface area contributed by atoms with Crippen LogP contribution in [0.1, 0.15) is 46.1 Å². The average molecular weight is 309 g/mol. The van der Waals surface area contributed by atoms with Crippen LogP contribution in [0.25, 0.3) is 0 Å². The molecular formula is C18H29ClN2. The van der Waals surface area contributed by atoms with Crippen molar-refractivity contribution in [3.05, 3.63) is 28.8 Å². The van der Waals surface area contributed by atoms with Gasteiger partial charge in [0.2, 0.25) is 0 Å². The van der Waals surface area contributed by atoms with Gasteiger partial charge in [0.05, 0.1) is 0 Å². The second-order valence-corrected chi connectivity index (χ2v) is 7.38. The number of hydrogen-bond acceptors (Lipinski definition) is 2. The first-order valence-electron chi connectivity index (χ1n) is 8.24. The van der Waals surface area contributed by atoms with Crippen LogP contribution < -0.4 is 10.2 Å². The number of hydrogen-bond donors (Lipinski definition) is 1. The molecule has 1 unspecified atom stereocenters. The molecule has 1 heterocycles. The topological polar surface area (TPSA) is 15.3 Å². The zero-order chi connectivity index (χ0) is 15.4. The Morgan fingerprint density at radius 1 is 1.29 bits per heavy atom. The third kappa shape index (κ3) is 4.37. The first kappa shape index (κ1) is 16.6. The molecule has 0 saturated carbocycles. The van der Waals surface area contributed by atoms with Gasteiger partial charge in [0, 0.05) is 29.8 Å². The molecule has 0 spiro atoms. The molecule has 0 aromatic heterocycles. The van der Waals surface area contributed by atoms with Crippen molar-refractivity contribution >= 4 is 17.3 Å². The number of halogens is 1. The van der Waals surface area contributed by atoms with E-state index in [1.165, 1.54) is 30.6 Å². The Kier molecular flexibility index (Phi) is 5.95. The second-order valence-electron chi connectivity index (χ2n) is 6.94. The zero-order valence-corrected chi connectivity index (χ0v) is 14.6. The number of nitrogens with one attached hydrogen (secondary N) is 1. The van der Waals surface area contributed by atoms with Crippen LogP contribution in [0.2, 0.25) is 5.02 Å². The number of benzene rings is 1. The van der Waals surface area contributed by atoms with Gasteiger partial charge in [-0.25, -0.2) is 0 Å². The third-order valence-corrected chi connectivity index (χ3v) is 4.52. The fourth-order valence-corrected chi connectivity index (χ4v) is 3.45. The maximum Gasteiger partial charge on any atom is 0.0415 e. The van der Waals surface area contributed by atoms with Crippen LogP contribution in [0.4, 0.5) is 5.69 Å². The van der Waals surface area contributed by atoms with Crippen molar-refractivity contribution in [3.63, 3.8) is 0 Å². The molecule has 1 N–H and O–H groups in total. The zero-order valence-electron chi connectivity index (χ0n) is 13.8. The van der Waals surface area contributed by atoms with Gasteiger partial charge in [-0.3, -0.25) is 0 Å². The number of rotatable bonds is 6. The third-order valence-electron chi connectivity index (χ3n) is 4.29. The quantitative estimate of drug-likeness (QED) is 0.818. The Bertz CT molecular complexity index is 457. The maximum absolute atomic E-state index is 6.22. The second kappa shape index (κ2) is 7.51. The maximum atomic E-state index is 6.22. The lowest BCUT2D eigenvalue weighted by Gasteiger charge is -2.31. The lowest BCUT2D eigenvalue weighted by molar-refractivity contribution is 0.490. The van der Waals surface area contributed by atoms with Gasteiger partial charge < -0.3 is 10.2 Å². The van der Waals surface area contributed by atoms with Crippen molar-refractivity contribution in [2.75, 3.05) is 18.0 Å². The smallest absolute Gasteiger partial charge is 0.0415 e. The van der Waals surface area contributed by atoms with Gasteiger partial charge in [0.1, 0.15) is 0 Å². The molecule has 21 heavy (non-hydrogen) atoms. The van der Waals surface area contributed by atoms with Crippen LogP contribution in [-0.4, -0.2) is 19.1 Å². The number of nitrogens with zero attached hydrogens (tertiary/aromatic N) is 1. The molecule has 1 aromatic carbocycles.